The fraction of sp³-hybridized carbons (Fsp3) is 0.280. The predicted molar refractivity (Wildman–Crippen MR) is 120 cm³/mol. The van der Waals surface area contributed by atoms with E-state index in [9.17, 15) is 0 Å². The van der Waals surface area contributed by atoms with Gasteiger partial charge < -0.3 is 10.1 Å². The van der Waals surface area contributed by atoms with Crippen LogP contribution in [-0.4, -0.2) is 16.7 Å². The molecule has 1 unspecified atom stereocenters. The van der Waals surface area contributed by atoms with Crippen molar-refractivity contribution in [3.63, 3.8) is 0 Å². The van der Waals surface area contributed by atoms with Gasteiger partial charge in [-0.1, -0.05) is 50.6 Å². The molecular weight excluding hydrogens is 358 g/mol. The summed E-state index contributed by atoms with van der Waals surface area (Å²) in [6.07, 6.45) is 5.02. The van der Waals surface area contributed by atoms with Gasteiger partial charge in [-0.05, 0) is 54.8 Å². The van der Waals surface area contributed by atoms with Crippen molar-refractivity contribution < 1.29 is 4.74 Å². The predicted octanol–water partition coefficient (Wildman–Crippen LogP) is 6.07. The largest absolute Gasteiger partial charge is 0.489 e. The molecule has 2 N–H and O–H groups in total. The van der Waals surface area contributed by atoms with Crippen molar-refractivity contribution >= 4 is 11.5 Å². The Kier molecular flexibility index (Phi) is 7.40. The van der Waals surface area contributed by atoms with Gasteiger partial charge >= 0.3 is 0 Å². The number of ether oxygens (including phenoxy) is 1. The molecule has 4 nitrogen and oxygen atoms in total. The molecule has 150 valence electrons. The van der Waals surface area contributed by atoms with E-state index in [4.69, 9.17) is 10.1 Å². The Morgan fingerprint density at radius 1 is 1.00 bits per heavy atom. The van der Waals surface area contributed by atoms with Crippen molar-refractivity contribution in [2.45, 2.75) is 45.8 Å². The Bertz CT molecular complexity index is 907. The summed E-state index contributed by atoms with van der Waals surface area (Å²) >= 11 is 0. The molecule has 0 aliphatic carbocycles. The molecule has 0 aliphatic rings. The molecule has 3 aromatic rings. The van der Waals surface area contributed by atoms with E-state index >= 15 is 0 Å². The molecule has 0 fully saturated rings. The van der Waals surface area contributed by atoms with Gasteiger partial charge in [0, 0.05) is 23.4 Å². The fourth-order valence-electron chi connectivity index (χ4n) is 3.26. The molecule has 1 aromatic heterocycles. The van der Waals surface area contributed by atoms with E-state index in [1.165, 1.54) is 0 Å². The molecule has 2 aromatic carbocycles. The number of nitrogens with one attached hydrogen (secondary N) is 2. The Morgan fingerprint density at radius 3 is 2.45 bits per heavy atom. The van der Waals surface area contributed by atoms with Crippen LogP contribution in [-0.2, 0) is 6.61 Å². The summed E-state index contributed by atoms with van der Waals surface area (Å²) in [6, 6.07) is 22.0. The first kappa shape index (κ1) is 20.6. The molecule has 1 atom stereocenters. The molecule has 0 aliphatic heterocycles. The molecule has 4 heteroatoms. The van der Waals surface area contributed by atoms with Crippen LogP contribution >= 0.6 is 0 Å². The molecule has 0 bridgehead atoms. The lowest BCUT2D eigenvalue weighted by molar-refractivity contribution is 0.306. The zero-order chi connectivity index (χ0) is 20.5. The summed E-state index contributed by atoms with van der Waals surface area (Å²) in [6.45, 7) is 4.90. The standard InChI is InChI=1S/C25H29N3O/c1-3-9-21(4-2)28-25-23(12-8-17-27-25)24(26)20-13-15-22(16-14-20)29-18-19-10-6-5-7-11-19/h5-8,10-17,21,26H,3-4,9,18H2,1-2H3,(H,27,28). The summed E-state index contributed by atoms with van der Waals surface area (Å²) in [5.74, 6) is 1.58. The smallest absolute Gasteiger partial charge is 0.135 e. The van der Waals surface area contributed by atoms with E-state index in [1.807, 2.05) is 66.7 Å². The Balaban J connectivity index is 1.70. The van der Waals surface area contributed by atoms with Gasteiger partial charge in [0.25, 0.3) is 0 Å². The molecule has 0 spiro atoms. The second kappa shape index (κ2) is 10.4. The average Bonchev–Trinajstić information content (AvgIpc) is 2.78. The molecule has 3 rings (SSSR count). The summed E-state index contributed by atoms with van der Waals surface area (Å²) < 4.78 is 5.86. The Morgan fingerprint density at radius 2 is 1.76 bits per heavy atom. The number of hydrogen-bond donors (Lipinski definition) is 2. The van der Waals surface area contributed by atoms with Crippen LogP contribution in [0.3, 0.4) is 0 Å². The third-order valence-corrected chi connectivity index (χ3v) is 4.94. The monoisotopic (exact) mass is 387 g/mol. The van der Waals surface area contributed by atoms with Crippen LogP contribution in [0, 0.1) is 5.41 Å². The minimum absolute atomic E-state index is 0.371. The van der Waals surface area contributed by atoms with Crippen LogP contribution in [0.4, 0.5) is 5.82 Å². The maximum atomic E-state index is 8.70. The van der Waals surface area contributed by atoms with Crippen LogP contribution < -0.4 is 10.1 Å². The second-order valence-electron chi connectivity index (χ2n) is 7.11. The highest BCUT2D eigenvalue weighted by molar-refractivity contribution is 6.13. The first-order valence-corrected chi connectivity index (χ1v) is 10.3. The number of hydrogen-bond acceptors (Lipinski definition) is 4. The maximum absolute atomic E-state index is 8.70. The lowest BCUT2D eigenvalue weighted by Gasteiger charge is -2.19. The van der Waals surface area contributed by atoms with E-state index in [0.29, 0.717) is 18.4 Å². The number of anilines is 1. The van der Waals surface area contributed by atoms with Gasteiger partial charge in [0.15, 0.2) is 0 Å². The van der Waals surface area contributed by atoms with Gasteiger partial charge in [-0.15, -0.1) is 0 Å². The third kappa shape index (κ3) is 5.67. The molecular formula is C25H29N3O. The van der Waals surface area contributed by atoms with Gasteiger partial charge in [0.1, 0.15) is 18.2 Å². The third-order valence-electron chi connectivity index (χ3n) is 4.94. The van der Waals surface area contributed by atoms with E-state index in [-0.39, 0.29) is 0 Å². The fourth-order valence-corrected chi connectivity index (χ4v) is 3.26. The minimum atomic E-state index is 0.371. The van der Waals surface area contributed by atoms with Crippen LogP contribution in [0.1, 0.15) is 49.8 Å². The number of nitrogens with zero attached hydrogens (tertiary/aromatic N) is 1. The van der Waals surface area contributed by atoms with Crippen LogP contribution in [0.2, 0.25) is 0 Å². The van der Waals surface area contributed by atoms with Gasteiger partial charge in [-0.25, -0.2) is 4.98 Å². The van der Waals surface area contributed by atoms with Gasteiger partial charge in [-0.2, -0.15) is 0 Å². The van der Waals surface area contributed by atoms with Crippen molar-refractivity contribution in [3.8, 4) is 5.75 Å². The van der Waals surface area contributed by atoms with E-state index in [1.54, 1.807) is 6.20 Å². The second-order valence-corrected chi connectivity index (χ2v) is 7.11. The van der Waals surface area contributed by atoms with Gasteiger partial charge in [0.2, 0.25) is 0 Å². The summed E-state index contributed by atoms with van der Waals surface area (Å²) in [5.41, 5.74) is 3.26. The average molecular weight is 388 g/mol. The molecule has 0 amide bonds. The van der Waals surface area contributed by atoms with E-state index in [2.05, 4.69) is 24.1 Å². The Labute approximate surface area is 173 Å². The SMILES string of the molecule is CCCC(CC)Nc1ncccc1C(=N)c1ccc(OCc2ccccc2)cc1. The van der Waals surface area contributed by atoms with Crippen LogP contribution in [0.25, 0.3) is 0 Å². The van der Waals surface area contributed by atoms with Crippen molar-refractivity contribution in [1.82, 2.24) is 4.98 Å². The number of benzene rings is 2. The van der Waals surface area contributed by atoms with Crippen molar-refractivity contribution in [1.29, 1.82) is 5.41 Å². The van der Waals surface area contributed by atoms with Crippen molar-refractivity contribution in [2.24, 2.45) is 0 Å². The summed E-state index contributed by atoms with van der Waals surface area (Å²) in [7, 11) is 0. The first-order chi connectivity index (χ1) is 14.2. The maximum Gasteiger partial charge on any atom is 0.135 e. The van der Waals surface area contributed by atoms with Crippen LogP contribution in [0.5, 0.6) is 5.75 Å². The summed E-state index contributed by atoms with van der Waals surface area (Å²) in [5, 5.41) is 12.2. The Hall–Kier alpha value is -3.14. The quantitative estimate of drug-likeness (QED) is 0.415. The van der Waals surface area contributed by atoms with Gasteiger partial charge in [-0.3, -0.25) is 5.41 Å². The lowest BCUT2D eigenvalue weighted by atomic mass is 10.0. The molecule has 29 heavy (non-hydrogen) atoms. The van der Waals surface area contributed by atoms with Crippen molar-refractivity contribution in [2.75, 3.05) is 5.32 Å². The number of aromatic nitrogens is 1. The zero-order valence-electron chi connectivity index (χ0n) is 17.2. The molecule has 0 saturated heterocycles. The first-order valence-electron chi connectivity index (χ1n) is 10.3. The van der Waals surface area contributed by atoms with Gasteiger partial charge in [0.05, 0.1) is 5.71 Å². The summed E-state index contributed by atoms with van der Waals surface area (Å²) in [4.78, 5) is 4.50. The normalized spacial score (nSPS) is 11.7. The lowest BCUT2D eigenvalue weighted by Crippen LogP contribution is -2.21. The van der Waals surface area contributed by atoms with E-state index < -0.39 is 0 Å². The molecule has 0 saturated carbocycles. The minimum Gasteiger partial charge on any atom is -0.489 e. The highest BCUT2D eigenvalue weighted by atomic mass is 16.5. The van der Waals surface area contributed by atoms with Crippen molar-refractivity contribution in [3.05, 3.63) is 89.6 Å². The zero-order valence-corrected chi connectivity index (χ0v) is 17.2. The number of pyridine rings is 1. The van der Waals surface area contributed by atoms with Crippen LogP contribution in [0.15, 0.2) is 72.9 Å². The van der Waals surface area contributed by atoms with E-state index in [0.717, 1.165) is 47.5 Å². The molecule has 0 radical (unpaired) electrons. The number of rotatable bonds is 10. The topological polar surface area (TPSA) is 58.0 Å². The highest BCUT2D eigenvalue weighted by Crippen LogP contribution is 2.21. The highest BCUT2D eigenvalue weighted by Gasteiger charge is 2.14. The molecule has 1 heterocycles.